The van der Waals surface area contributed by atoms with Gasteiger partial charge in [0.1, 0.15) is 0 Å². The van der Waals surface area contributed by atoms with E-state index < -0.39 is 0 Å². The highest BCUT2D eigenvalue weighted by Gasteiger charge is 2.29. The van der Waals surface area contributed by atoms with Gasteiger partial charge in [-0.25, -0.2) is 4.98 Å². The molecule has 1 saturated heterocycles. The number of aryl methyl sites for hydroxylation is 1. The van der Waals surface area contributed by atoms with Crippen molar-refractivity contribution in [2.24, 2.45) is 0 Å². The van der Waals surface area contributed by atoms with Crippen molar-refractivity contribution in [3.8, 4) is 0 Å². The Labute approximate surface area is 103 Å². The predicted octanol–water partition coefficient (Wildman–Crippen LogP) is 1.58. The molecule has 1 N–H and O–H groups in total. The molecule has 0 aromatic carbocycles. The monoisotopic (exact) mass is 234 g/mol. The normalized spacial score (nSPS) is 25.3. The summed E-state index contributed by atoms with van der Waals surface area (Å²) in [4.78, 5) is 7.25. The number of hydrogen-bond acceptors (Lipinski definition) is 3. The minimum absolute atomic E-state index is 0.568. The second-order valence-electron chi connectivity index (χ2n) is 5.33. The zero-order valence-electron chi connectivity index (χ0n) is 10.8. The van der Waals surface area contributed by atoms with Crippen molar-refractivity contribution in [3.63, 3.8) is 0 Å². The van der Waals surface area contributed by atoms with Gasteiger partial charge >= 0.3 is 0 Å². The number of aromatic nitrogens is 2. The first-order valence-electron chi connectivity index (χ1n) is 6.84. The van der Waals surface area contributed by atoms with E-state index in [0.29, 0.717) is 6.04 Å². The van der Waals surface area contributed by atoms with Gasteiger partial charge in [0.2, 0.25) is 5.95 Å². The highest BCUT2D eigenvalue weighted by molar-refractivity contribution is 5.36. The standard InChI is InChI=1S/C13H22N4/c1-3-11-9-17(12-4-5-12)13(15-11)16-7-6-14-10(2)8-16/h9-10,12,14H,3-8H2,1-2H3/t10-/m0/s1. The minimum Gasteiger partial charge on any atom is -0.339 e. The van der Waals surface area contributed by atoms with Crippen molar-refractivity contribution >= 4 is 5.95 Å². The summed E-state index contributed by atoms with van der Waals surface area (Å²) in [6, 6.07) is 1.29. The van der Waals surface area contributed by atoms with Crippen LogP contribution in [0.25, 0.3) is 0 Å². The maximum absolute atomic E-state index is 4.81. The number of piperazine rings is 1. The molecule has 1 atom stereocenters. The average molecular weight is 234 g/mol. The largest absolute Gasteiger partial charge is 0.339 e. The summed E-state index contributed by atoms with van der Waals surface area (Å²) in [5.74, 6) is 1.21. The van der Waals surface area contributed by atoms with E-state index in [4.69, 9.17) is 4.98 Å². The number of nitrogens with zero attached hydrogens (tertiary/aromatic N) is 3. The molecule has 0 amide bonds. The van der Waals surface area contributed by atoms with Crippen LogP contribution in [0.1, 0.15) is 38.4 Å². The van der Waals surface area contributed by atoms with Gasteiger partial charge in [-0.15, -0.1) is 0 Å². The van der Waals surface area contributed by atoms with Crippen LogP contribution >= 0.6 is 0 Å². The van der Waals surface area contributed by atoms with Crippen LogP contribution in [0.3, 0.4) is 0 Å². The van der Waals surface area contributed by atoms with Gasteiger partial charge in [-0.05, 0) is 26.2 Å². The summed E-state index contributed by atoms with van der Waals surface area (Å²) in [5.41, 5.74) is 1.23. The van der Waals surface area contributed by atoms with E-state index >= 15 is 0 Å². The molecule has 94 valence electrons. The van der Waals surface area contributed by atoms with Crippen LogP contribution in [-0.4, -0.2) is 35.2 Å². The Hall–Kier alpha value is -1.03. The Morgan fingerprint density at radius 2 is 2.29 bits per heavy atom. The molecule has 1 aliphatic carbocycles. The zero-order chi connectivity index (χ0) is 11.8. The molecule has 0 spiro atoms. The Balaban J connectivity index is 1.86. The predicted molar refractivity (Wildman–Crippen MR) is 69.6 cm³/mol. The van der Waals surface area contributed by atoms with Crippen molar-refractivity contribution in [2.45, 2.75) is 45.2 Å². The molecular formula is C13H22N4. The summed E-state index contributed by atoms with van der Waals surface area (Å²) in [6.07, 6.45) is 5.95. The fourth-order valence-electron chi connectivity index (χ4n) is 2.57. The number of nitrogens with one attached hydrogen (secondary N) is 1. The lowest BCUT2D eigenvalue weighted by atomic mass is 10.2. The summed E-state index contributed by atoms with van der Waals surface area (Å²) < 4.78 is 2.41. The van der Waals surface area contributed by atoms with Crippen LogP contribution in [0.5, 0.6) is 0 Å². The van der Waals surface area contributed by atoms with E-state index in [9.17, 15) is 0 Å². The first kappa shape index (κ1) is 11.1. The molecule has 1 saturated carbocycles. The summed E-state index contributed by atoms with van der Waals surface area (Å²) in [6.45, 7) is 7.66. The van der Waals surface area contributed by atoms with Crippen molar-refractivity contribution < 1.29 is 0 Å². The molecule has 1 aromatic heterocycles. The minimum atomic E-state index is 0.568. The number of anilines is 1. The SMILES string of the molecule is CCc1cn(C2CC2)c(N2CCN[C@@H](C)C2)n1. The van der Waals surface area contributed by atoms with Crippen LogP contribution in [0, 0.1) is 0 Å². The summed E-state index contributed by atoms with van der Waals surface area (Å²) in [5, 5.41) is 3.49. The molecule has 17 heavy (non-hydrogen) atoms. The van der Waals surface area contributed by atoms with E-state index in [1.54, 1.807) is 0 Å². The van der Waals surface area contributed by atoms with Crippen molar-refractivity contribution in [2.75, 3.05) is 24.5 Å². The van der Waals surface area contributed by atoms with Gasteiger partial charge in [-0.2, -0.15) is 0 Å². The van der Waals surface area contributed by atoms with E-state index in [0.717, 1.165) is 32.1 Å². The second kappa shape index (κ2) is 4.33. The van der Waals surface area contributed by atoms with Crippen LogP contribution in [0.15, 0.2) is 6.20 Å². The fourth-order valence-corrected chi connectivity index (χ4v) is 2.57. The first-order valence-corrected chi connectivity index (χ1v) is 6.84. The lowest BCUT2D eigenvalue weighted by Crippen LogP contribution is -2.50. The summed E-state index contributed by atoms with van der Waals surface area (Å²) in [7, 11) is 0. The number of hydrogen-bond donors (Lipinski definition) is 1. The average Bonchev–Trinajstić information content (AvgIpc) is 3.08. The highest BCUT2D eigenvalue weighted by atomic mass is 15.3. The van der Waals surface area contributed by atoms with Crippen LogP contribution in [0.2, 0.25) is 0 Å². The van der Waals surface area contributed by atoms with Gasteiger partial charge in [0.15, 0.2) is 0 Å². The molecule has 3 rings (SSSR count). The number of rotatable bonds is 3. The van der Waals surface area contributed by atoms with E-state index in [2.05, 4.69) is 34.8 Å². The molecule has 2 fully saturated rings. The molecular weight excluding hydrogens is 212 g/mol. The Morgan fingerprint density at radius 1 is 1.47 bits per heavy atom. The van der Waals surface area contributed by atoms with Crippen molar-refractivity contribution in [3.05, 3.63) is 11.9 Å². The third-order valence-electron chi connectivity index (χ3n) is 3.72. The van der Waals surface area contributed by atoms with Crippen LogP contribution in [-0.2, 0) is 6.42 Å². The molecule has 1 aromatic rings. The Morgan fingerprint density at radius 3 is 2.94 bits per heavy atom. The molecule has 1 aliphatic heterocycles. The third kappa shape index (κ3) is 2.18. The molecule has 2 aliphatic rings. The second-order valence-corrected chi connectivity index (χ2v) is 5.33. The Bertz CT molecular complexity index is 394. The summed E-state index contributed by atoms with van der Waals surface area (Å²) >= 11 is 0. The molecule has 2 heterocycles. The maximum Gasteiger partial charge on any atom is 0.206 e. The smallest absolute Gasteiger partial charge is 0.206 e. The lowest BCUT2D eigenvalue weighted by molar-refractivity contribution is 0.474. The third-order valence-corrected chi connectivity index (χ3v) is 3.72. The number of imidazole rings is 1. The van der Waals surface area contributed by atoms with Gasteiger partial charge in [-0.1, -0.05) is 6.92 Å². The fraction of sp³-hybridized carbons (Fsp3) is 0.769. The van der Waals surface area contributed by atoms with Gasteiger partial charge in [0.25, 0.3) is 0 Å². The van der Waals surface area contributed by atoms with E-state index in [1.807, 2.05) is 0 Å². The van der Waals surface area contributed by atoms with Crippen LogP contribution < -0.4 is 10.2 Å². The molecule has 0 bridgehead atoms. The van der Waals surface area contributed by atoms with Gasteiger partial charge in [0, 0.05) is 37.9 Å². The topological polar surface area (TPSA) is 33.1 Å². The van der Waals surface area contributed by atoms with Crippen LogP contribution in [0.4, 0.5) is 5.95 Å². The van der Waals surface area contributed by atoms with E-state index in [-0.39, 0.29) is 0 Å². The Kier molecular flexibility index (Phi) is 2.82. The van der Waals surface area contributed by atoms with Gasteiger partial charge in [0.05, 0.1) is 5.69 Å². The maximum atomic E-state index is 4.81. The highest BCUT2D eigenvalue weighted by Crippen LogP contribution is 2.38. The van der Waals surface area contributed by atoms with E-state index in [1.165, 1.54) is 24.5 Å². The molecule has 4 heteroatoms. The quantitative estimate of drug-likeness (QED) is 0.862. The first-order chi connectivity index (χ1) is 8.28. The molecule has 0 unspecified atom stereocenters. The van der Waals surface area contributed by atoms with Crippen molar-refractivity contribution in [1.82, 2.24) is 14.9 Å². The zero-order valence-corrected chi connectivity index (χ0v) is 10.8. The molecule has 4 nitrogen and oxygen atoms in total. The molecule has 0 radical (unpaired) electrons. The van der Waals surface area contributed by atoms with Crippen molar-refractivity contribution in [1.29, 1.82) is 0 Å². The van der Waals surface area contributed by atoms with Gasteiger partial charge < -0.3 is 14.8 Å². The van der Waals surface area contributed by atoms with Gasteiger partial charge in [-0.3, -0.25) is 0 Å². The lowest BCUT2D eigenvalue weighted by Gasteiger charge is -2.33.